The maximum atomic E-state index is 5.42. The van der Waals surface area contributed by atoms with Crippen molar-refractivity contribution in [1.82, 2.24) is 15.1 Å². The van der Waals surface area contributed by atoms with Gasteiger partial charge in [-0.15, -0.1) is 0 Å². The summed E-state index contributed by atoms with van der Waals surface area (Å²) in [6, 6.07) is 0. The van der Waals surface area contributed by atoms with Gasteiger partial charge in [0.25, 0.3) is 0 Å². The normalized spacial score (nSPS) is 23.0. The third kappa shape index (κ3) is 3.75. The number of nitrogens with zero attached hydrogens (tertiary/aromatic N) is 2. The van der Waals surface area contributed by atoms with Crippen LogP contribution in [-0.2, 0) is 13.6 Å². The van der Waals surface area contributed by atoms with Crippen molar-refractivity contribution >= 4 is 0 Å². The molecule has 0 aliphatic heterocycles. The largest absolute Gasteiger partial charge is 0.481 e. The molecule has 0 amide bonds. The van der Waals surface area contributed by atoms with Gasteiger partial charge in [-0.1, -0.05) is 32.6 Å². The van der Waals surface area contributed by atoms with Gasteiger partial charge in [-0.3, -0.25) is 0 Å². The number of hydrogen-bond acceptors (Lipinski definition) is 3. The van der Waals surface area contributed by atoms with Crippen LogP contribution < -0.4 is 10.1 Å². The molecule has 1 saturated carbocycles. The lowest BCUT2D eigenvalue weighted by molar-refractivity contribution is 0.275. The lowest BCUT2D eigenvalue weighted by Gasteiger charge is -2.26. The highest BCUT2D eigenvalue weighted by Crippen LogP contribution is 2.30. The van der Waals surface area contributed by atoms with E-state index in [0.717, 1.165) is 36.5 Å². The van der Waals surface area contributed by atoms with Gasteiger partial charge in [0.15, 0.2) is 0 Å². The molecule has 1 N–H and O–H groups in total. The van der Waals surface area contributed by atoms with E-state index in [0.29, 0.717) is 0 Å². The summed E-state index contributed by atoms with van der Waals surface area (Å²) in [4.78, 5) is 0. The van der Waals surface area contributed by atoms with E-state index in [9.17, 15) is 0 Å². The van der Waals surface area contributed by atoms with Crippen LogP contribution >= 0.6 is 0 Å². The first-order chi connectivity index (χ1) is 9.61. The minimum atomic E-state index is 0.853. The van der Waals surface area contributed by atoms with Crippen LogP contribution in [0.5, 0.6) is 5.88 Å². The fourth-order valence-electron chi connectivity index (χ4n) is 3.28. The molecule has 1 heterocycles. The number of methoxy groups -OCH3 is 1. The average molecular weight is 279 g/mol. The fourth-order valence-corrected chi connectivity index (χ4v) is 3.28. The molecule has 2 rings (SSSR count). The van der Waals surface area contributed by atoms with E-state index in [-0.39, 0.29) is 0 Å². The van der Waals surface area contributed by atoms with Gasteiger partial charge in [-0.25, -0.2) is 4.68 Å². The predicted octanol–water partition coefficient (Wildman–Crippen LogP) is 3.04. The second-order valence-electron chi connectivity index (χ2n) is 6.29. The Morgan fingerprint density at radius 2 is 2.00 bits per heavy atom. The molecule has 1 aromatic rings. The zero-order chi connectivity index (χ0) is 14.5. The molecule has 0 saturated heterocycles. The van der Waals surface area contributed by atoms with Gasteiger partial charge in [0.2, 0.25) is 5.88 Å². The third-order valence-electron chi connectivity index (χ3n) is 4.65. The van der Waals surface area contributed by atoms with Crippen LogP contribution in [0.25, 0.3) is 0 Å². The molecule has 0 spiro atoms. The highest BCUT2D eigenvalue weighted by molar-refractivity contribution is 5.30. The number of ether oxygens (including phenoxy) is 1. The molecular formula is C16H29N3O. The lowest BCUT2D eigenvalue weighted by atomic mass is 9.81. The van der Waals surface area contributed by atoms with Crippen molar-refractivity contribution < 1.29 is 4.74 Å². The molecule has 114 valence electrons. The molecule has 1 aliphatic rings. The molecule has 4 heteroatoms. The van der Waals surface area contributed by atoms with Crippen molar-refractivity contribution in [3.05, 3.63) is 11.3 Å². The number of rotatable bonds is 6. The zero-order valence-electron chi connectivity index (χ0n) is 13.4. The Bertz CT molecular complexity index is 420. The van der Waals surface area contributed by atoms with E-state index in [1.165, 1.54) is 37.7 Å². The minimum absolute atomic E-state index is 0.853. The zero-order valence-corrected chi connectivity index (χ0v) is 13.4. The second-order valence-corrected chi connectivity index (χ2v) is 6.29. The smallest absolute Gasteiger partial charge is 0.216 e. The van der Waals surface area contributed by atoms with Gasteiger partial charge >= 0.3 is 0 Å². The summed E-state index contributed by atoms with van der Waals surface area (Å²) in [7, 11) is 3.64. The van der Waals surface area contributed by atoms with Gasteiger partial charge in [0.05, 0.1) is 18.4 Å². The maximum absolute atomic E-state index is 5.42. The summed E-state index contributed by atoms with van der Waals surface area (Å²) in [5.41, 5.74) is 2.25. The van der Waals surface area contributed by atoms with Crippen LogP contribution in [0.3, 0.4) is 0 Å². The van der Waals surface area contributed by atoms with Gasteiger partial charge < -0.3 is 10.1 Å². The van der Waals surface area contributed by atoms with E-state index >= 15 is 0 Å². The highest BCUT2D eigenvalue weighted by atomic mass is 16.5. The Kier molecular flexibility index (Phi) is 5.46. The third-order valence-corrected chi connectivity index (χ3v) is 4.65. The van der Waals surface area contributed by atoms with Gasteiger partial charge in [0, 0.05) is 13.6 Å². The Morgan fingerprint density at radius 3 is 2.65 bits per heavy atom. The summed E-state index contributed by atoms with van der Waals surface area (Å²) in [6.45, 7) is 6.37. The molecule has 0 bridgehead atoms. The molecule has 1 aromatic heterocycles. The maximum Gasteiger partial charge on any atom is 0.216 e. The van der Waals surface area contributed by atoms with Gasteiger partial charge in [0.1, 0.15) is 0 Å². The van der Waals surface area contributed by atoms with Crippen molar-refractivity contribution in [2.45, 2.75) is 52.5 Å². The second kappa shape index (κ2) is 7.11. The Balaban J connectivity index is 1.73. The minimum Gasteiger partial charge on any atom is -0.481 e. The van der Waals surface area contributed by atoms with Gasteiger partial charge in [-0.2, -0.15) is 5.10 Å². The number of aromatic nitrogens is 2. The van der Waals surface area contributed by atoms with Crippen molar-refractivity contribution in [3.63, 3.8) is 0 Å². The fraction of sp³-hybridized carbons (Fsp3) is 0.812. The summed E-state index contributed by atoms with van der Waals surface area (Å²) >= 11 is 0. The Labute approximate surface area is 122 Å². The molecular weight excluding hydrogens is 250 g/mol. The molecule has 4 nitrogen and oxygen atoms in total. The molecule has 0 atom stereocenters. The lowest BCUT2D eigenvalue weighted by Crippen LogP contribution is -2.21. The Morgan fingerprint density at radius 1 is 1.30 bits per heavy atom. The number of aryl methyl sites for hydroxylation is 2. The summed E-state index contributed by atoms with van der Waals surface area (Å²) in [6.07, 6.45) is 6.96. The molecule has 0 radical (unpaired) electrons. The monoisotopic (exact) mass is 279 g/mol. The average Bonchev–Trinajstić information content (AvgIpc) is 2.70. The Hall–Kier alpha value is -1.03. The van der Waals surface area contributed by atoms with Crippen LogP contribution in [0.4, 0.5) is 0 Å². The van der Waals surface area contributed by atoms with Crippen molar-refractivity contribution in [2.24, 2.45) is 18.9 Å². The quantitative estimate of drug-likeness (QED) is 0.814. The number of hydrogen-bond donors (Lipinski definition) is 1. The van der Waals surface area contributed by atoms with Crippen LogP contribution in [-0.4, -0.2) is 23.4 Å². The molecule has 1 aliphatic carbocycles. The first kappa shape index (κ1) is 15.4. The highest BCUT2D eigenvalue weighted by Gasteiger charge is 2.18. The van der Waals surface area contributed by atoms with Crippen LogP contribution in [0.15, 0.2) is 0 Å². The first-order valence-corrected chi connectivity index (χ1v) is 7.89. The van der Waals surface area contributed by atoms with Crippen LogP contribution in [0.1, 0.15) is 50.3 Å². The molecule has 1 fully saturated rings. The summed E-state index contributed by atoms with van der Waals surface area (Å²) in [5.74, 6) is 2.75. The topological polar surface area (TPSA) is 39.1 Å². The van der Waals surface area contributed by atoms with Crippen LogP contribution in [0, 0.1) is 18.8 Å². The number of nitrogens with one attached hydrogen (secondary N) is 1. The van der Waals surface area contributed by atoms with E-state index in [2.05, 4.69) is 17.3 Å². The predicted molar refractivity (Wildman–Crippen MR) is 81.9 cm³/mol. The summed E-state index contributed by atoms with van der Waals surface area (Å²) < 4.78 is 7.23. The van der Waals surface area contributed by atoms with Gasteiger partial charge in [-0.05, 0) is 31.7 Å². The van der Waals surface area contributed by atoms with Crippen LogP contribution in [0.2, 0.25) is 0 Å². The van der Waals surface area contributed by atoms with E-state index in [1.807, 2.05) is 18.7 Å². The van der Waals surface area contributed by atoms with Crippen molar-refractivity contribution in [1.29, 1.82) is 0 Å². The standard InChI is InChI=1S/C16H29N3O/c1-12-5-7-14(8-6-12)9-10-17-11-15-13(2)18-19(3)16(15)20-4/h12,14,17H,5-11H2,1-4H3. The molecule has 20 heavy (non-hydrogen) atoms. The molecule has 0 unspecified atom stereocenters. The van der Waals surface area contributed by atoms with Crippen molar-refractivity contribution in [2.75, 3.05) is 13.7 Å². The van der Waals surface area contributed by atoms with Crippen molar-refractivity contribution in [3.8, 4) is 5.88 Å². The SMILES string of the molecule is COc1c(CNCCC2CCC(C)CC2)c(C)nn1C. The van der Waals surface area contributed by atoms with E-state index in [1.54, 1.807) is 7.11 Å². The molecule has 0 aromatic carbocycles. The van der Waals surface area contributed by atoms with E-state index in [4.69, 9.17) is 4.74 Å². The van der Waals surface area contributed by atoms with E-state index < -0.39 is 0 Å². The summed E-state index contributed by atoms with van der Waals surface area (Å²) in [5, 5.41) is 7.97. The first-order valence-electron chi connectivity index (χ1n) is 7.89.